The first-order valence-electron chi connectivity index (χ1n) is 12.2. The van der Waals surface area contributed by atoms with Gasteiger partial charge in [0.2, 0.25) is 5.91 Å². The Hall–Kier alpha value is -3.98. The van der Waals surface area contributed by atoms with Crippen molar-refractivity contribution >= 4 is 22.8 Å². The smallest absolute Gasteiger partial charge is 0.227 e. The van der Waals surface area contributed by atoms with Gasteiger partial charge in [-0.05, 0) is 56.2 Å². The molecule has 2 atom stereocenters. The number of carbonyl (C=O) groups is 1. The number of carbonyl (C=O) groups excluding carboxylic acids is 1. The molecule has 186 valence electrons. The van der Waals surface area contributed by atoms with Crippen molar-refractivity contribution in [3.63, 3.8) is 0 Å². The van der Waals surface area contributed by atoms with Gasteiger partial charge in [-0.3, -0.25) is 4.79 Å². The number of nitrogens with zero attached hydrogens (tertiary/aromatic N) is 5. The molecule has 0 spiro atoms. The molecule has 3 heterocycles. The van der Waals surface area contributed by atoms with Crippen LogP contribution in [0.1, 0.15) is 31.4 Å². The fourth-order valence-corrected chi connectivity index (χ4v) is 4.62. The number of aliphatic hydroxyl groups is 1. The second-order valence-electron chi connectivity index (χ2n) is 9.35. The molecule has 1 aliphatic rings. The normalized spacial score (nSPS) is 16.8. The molecule has 2 unspecified atom stereocenters. The lowest BCUT2D eigenvalue weighted by Gasteiger charge is -2.34. The average Bonchev–Trinajstić information content (AvgIpc) is 3.31. The summed E-state index contributed by atoms with van der Waals surface area (Å²) in [5.41, 5.74) is 9.67. The first kappa shape index (κ1) is 23.7. The lowest BCUT2D eigenvalue weighted by Crippen LogP contribution is -2.44. The van der Waals surface area contributed by atoms with Crippen molar-refractivity contribution in [1.29, 1.82) is 0 Å². The van der Waals surface area contributed by atoms with Gasteiger partial charge in [-0.15, -0.1) is 0 Å². The molecule has 4 aromatic rings. The monoisotopic (exact) mass is 486 g/mol. The molecule has 5 rings (SSSR count). The van der Waals surface area contributed by atoms with Crippen molar-refractivity contribution in [1.82, 2.24) is 24.6 Å². The fraction of sp³-hybridized carbons (Fsp3) is 0.333. The fourth-order valence-electron chi connectivity index (χ4n) is 4.62. The molecule has 1 fully saturated rings. The van der Waals surface area contributed by atoms with Crippen LogP contribution >= 0.6 is 0 Å². The van der Waals surface area contributed by atoms with E-state index in [1.807, 2.05) is 65.0 Å². The van der Waals surface area contributed by atoms with E-state index in [4.69, 9.17) is 15.6 Å². The second kappa shape index (κ2) is 9.94. The second-order valence-corrected chi connectivity index (χ2v) is 9.35. The molecule has 1 amide bonds. The number of benzene rings is 2. The van der Waals surface area contributed by atoms with E-state index in [1.54, 1.807) is 6.92 Å². The number of aliphatic hydroxyl groups excluding tert-OH is 1. The van der Waals surface area contributed by atoms with Gasteiger partial charge in [-0.2, -0.15) is 5.10 Å². The number of aryl methyl sites for hydroxylation is 1. The van der Waals surface area contributed by atoms with Crippen LogP contribution in [0.4, 0.5) is 5.82 Å². The summed E-state index contributed by atoms with van der Waals surface area (Å²) in [5, 5.41) is 15.1. The maximum absolute atomic E-state index is 12.7. The molecular weight excluding hydrogens is 456 g/mol. The Labute approximate surface area is 209 Å². The molecule has 1 aliphatic heterocycles. The Bertz CT molecular complexity index is 1370. The van der Waals surface area contributed by atoms with Gasteiger partial charge in [0.05, 0.1) is 24.0 Å². The van der Waals surface area contributed by atoms with Crippen molar-refractivity contribution in [2.45, 2.75) is 32.7 Å². The highest BCUT2D eigenvalue weighted by molar-refractivity contribution is 5.98. The molecule has 2 aromatic carbocycles. The van der Waals surface area contributed by atoms with Crippen LogP contribution in [-0.2, 0) is 4.79 Å². The molecule has 0 bridgehead atoms. The third-order valence-corrected chi connectivity index (χ3v) is 6.65. The number of aromatic nitrogens is 4. The van der Waals surface area contributed by atoms with Crippen LogP contribution < -0.4 is 10.5 Å². The highest BCUT2D eigenvalue weighted by Crippen LogP contribution is 2.35. The zero-order valence-corrected chi connectivity index (χ0v) is 20.5. The van der Waals surface area contributed by atoms with Crippen LogP contribution in [0.5, 0.6) is 11.5 Å². The van der Waals surface area contributed by atoms with E-state index in [0.717, 1.165) is 29.9 Å². The Balaban J connectivity index is 1.46. The van der Waals surface area contributed by atoms with E-state index in [0.29, 0.717) is 35.6 Å². The largest absolute Gasteiger partial charge is 0.457 e. The Morgan fingerprint density at radius 1 is 1.14 bits per heavy atom. The van der Waals surface area contributed by atoms with Crippen molar-refractivity contribution in [2.24, 2.45) is 5.92 Å². The van der Waals surface area contributed by atoms with Crippen molar-refractivity contribution in [2.75, 3.05) is 25.4 Å². The van der Waals surface area contributed by atoms with E-state index < -0.39 is 5.92 Å². The van der Waals surface area contributed by atoms with E-state index in [-0.39, 0.29) is 18.6 Å². The summed E-state index contributed by atoms with van der Waals surface area (Å²) < 4.78 is 7.85. The predicted octanol–water partition coefficient (Wildman–Crippen LogP) is 3.97. The van der Waals surface area contributed by atoms with Crippen molar-refractivity contribution in [3.05, 3.63) is 60.4 Å². The van der Waals surface area contributed by atoms with Crippen molar-refractivity contribution in [3.8, 4) is 22.8 Å². The maximum Gasteiger partial charge on any atom is 0.227 e. The molecule has 3 N–H and O–H groups in total. The Morgan fingerprint density at radius 3 is 2.53 bits per heavy atom. The number of fused-ring (bicyclic) bond motifs is 1. The molecule has 0 aliphatic carbocycles. The summed E-state index contributed by atoms with van der Waals surface area (Å²) in [6, 6.07) is 15.5. The zero-order valence-electron chi connectivity index (χ0n) is 20.5. The van der Waals surface area contributed by atoms with Gasteiger partial charge >= 0.3 is 0 Å². The van der Waals surface area contributed by atoms with Crippen LogP contribution in [0.3, 0.4) is 0 Å². The molecule has 36 heavy (non-hydrogen) atoms. The van der Waals surface area contributed by atoms with Crippen molar-refractivity contribution < 1.29 is 14.6 Å². The topological polar surface area (TPSA) is 119 Å². The summed E-state index contributed by atoms with van der Waals surface area (Å²) >= 11 is 0. The number of nitrogens with two attached hydrogens (primary N) is 1. The number of nitrogen functional groups attached to an aromatic ring is 1. The number of hydrogen-bond acceptors (Lipinski definition) is 7. The lowest BCUT2D eigenvalue weighted by molar-refractivity contribution is -0.137. The number of hydrogen-bond donors (Lipinski definition) is 2. The summed E-state index contributed by atoms with van der Waals surface area (Å²) in [6.07, 6.45) is 3.15. The molecule has 2 aromatic heterocycles. The van der Waals surface area contributed by atoms with Crippen LogP contribution in [0.25, 0.3) is 22.3 Å². The molecule has 0 radical (unpaired) electrons. The minimum absolute atomic E-state index is 0.0443. The van der Waals surface area contributed by atoms with Gasteiger partial charge in [0, 0.05) is 18.7 Å². The van der Waals surface area contributed by atoms with Gasteiger partial charge in [0.15, 0.2) is 5.65 Å². The number of likely N-dealkylation sites (tertiary alicyclic amines) is 1. The van der Waals surface area contributed by atoms with E-state index in [9.17, 15) is 9.90 Å². The Kier molecular flexibility index (Phi) is 6.56. The first-order valence-corrected chi connectivity index (χ1v) is 12.2. The van der Waals surface area contributed by atoms with Crippen LogP contribution in [0.2, 0.25) is 0 Å². The Morgan fingerprint density at radius 2 is 1.83 bits per heavy atom. The highest BCUT2D eigenvalue weighted by atomic mass is 16.5. The van der Waals surface area contributed by atoms with Gasteiger partial charge in [-0.25, -0.2) is 14.6 Å². The minimum atomic E-state index is -0.424. The van der Waals surface area contributed by atoms with Gasteiger partial charge in [0.25, 0.3) is 0 Å². The number of ether oxygens (including phenoxy) is 1. The van der Waals surface area contributed by atoms with Crippen LogP contribution in [0.15, 0.2) is 54.9 Å². The summed E-state index contributed by atoms with van der Waals surface area (Å²) in [7, 11) is 0. The predicted molar refractivity (Wildman–Crippen MR) is 138 cm³/mol. The number of amides is 1. The number of rotatable bonds is 6. The summed E-state index contributed by atoms with van der Waals surface area (Å²) in [6.45, 7) is 4.80. The zero-order chi connectivity index (χ0) is 25.2. The van der Waals surface area contributed by atoms with E-state index in [1.165, 1.54) is 11.9 Å². The minimum Gasteiger partial charge on any atom is -0.457 e. The SMILES string of the molecule is Cc1ccc(Oc2ccc(-c3nn(C4CCCN(C(=O)C(C)CO)C4)c4ncnc(N)c34)cc2)cc1. The summed E-state index contributed by atoms with van der Waals surface area (Å²) in [4.78, 5) is 23.2. The molecule has 9 nitrogen and oxygen atoms in total. The van der Waals surface area contributed by atoms with Crippen LogP contribution in [-0.4, -0.2) is 55.4 Å². The molecular formula is C27H30N6O3. The molecule has 9 heteroatoms. The first-order chi connectivity index (χ1) is 17.4. The number of anilines is 1. The molecule has 1 saturated heterocycles. The van der Waals surface area contributed by atoms with Gasteiger partial charge < -0.3 is 20.5 Å². The third-order valence-electron chi connectivity index (χ3n) is 6.65. The summed E-state index contributed by atoms with van der Waals surface area (Å²) in [5.74, 6) is 1.38. The number of piperidine rings is 1. The highest BCUT2D eigenvalue weighted by Gasteiger charge is 2.30. The van der Waals surface area contributed by atoms with E-state index in [2.05, 4.69) is 9.97 Å². The van der Waals surface area contributed by atoms with Crippen LogP contribution in [0, 0.1) is 12.8 Å². The molecule has 0 saturated carbocycles. The average molecular weight is 487 g/mol. The van der Waals surface area contributed by atoms with Gasteiger partial charge in [-0.1, -0.05) is 24.6 Å². The van der Waals surface area contributed by atoms with E-state index >= 15 is 0 Å². The standard InChI is InChI=1S/C27H30N6O3/c1-17-5-9-21(10-6-17)36-22-11-7-19(8-12-22)24-23-25(28)29-16-30-26(23)33(31-24)20-4-3-13-32(14-20)27(35)18(2)15-34/h5-12,16,18,20,34H,3-4,13-15H2,1-2H3,(H2,28,29,30). The lowest BCUT2D eigenvalue weighted by atomic mass is 10.0. The maximum atomic E-state index is 12.7. The van der Waals surface area contributed by atoms with Gasteiger partial charge in [0.1, 0.15) is 29.3 Å². The quantitative estimate of drug-likeness (QED) is 0.423. The third kappa shape index (κ3) is 4.61.